The highest BCUT2D eigenvalue weighted by molar-refractivity contribution is 5.92. The maximum Gasteiger partial charge on any atom is 0.306 e. The summed E-state index contributed by atoms with van der Waals surface area (Å²) >= 11 is 0. The first-order chi connectivity index (χ1) is 9.93. The minimum atomic E-state index is -0.780. The fraction of sp³-hybridized carbons (Fsp3) is 0.643. The molecule has 0 aliphatic carbocycles. The fourth-order valence-electron chi connectivity index (χ4n) is 1.97. The average Bonchev–Trinajstić information content (AvgIpc) is 2.87. The Kier molecular flexibility index (Phi) is 6.87. The van der Waals surface area contributed by atoms with Crippen LogP contribution in [0, 0.1) is 5.92 Å². The zero-order chi connectivity index (χ0) is 15.8. The van der Waals surface area contributed by atoms with Gasteiger partial charge in [-0.15, -0.1) is 0 Å². The summed E-state index contributed by atoms with van der Waals surface area (Å²) in [5.74, 6) is -1.35. The highest BCUT2D eigenvalue weighted by atomic mass is 16.4. The number of carbonyl (C=O) groups excluding carboxylic acids is 1. The number of imidazole rings is 1. The van der Waals surface area contributed by atoms with E-state index in [1.165, 1.54) is 0 Å². The molecule has 0 radical (unpaired) electrons. The molecule has 7 heteroatoms. The summed E-state index contributed by atoms with van der Waals surface area (Å²) in [6, 6.07) is -0.0156. The Hall–Kier alpha value is -1.89. The number of hydrogen-bond donors (Lipinski definition) is 3. The largest absolute Gasteiger partial charge is 0.481 e. The van der Waals surface area contributed by atoms with Crippen LogP contribution < -0.4 is 11.1 Å². The van der Waals surface area contributed by atoms with E-state index in [2.05, 4.69) is 10.3 Å². The summed E-state index contributed by atoms with van der Waals surface area (Å²) in [5, 5.41) is 11.7. The van der Waals surface area contributed by atoms with Crippen molar-refractivity contribution in [3.8, 4) is 0 Å². The molecular formula is C14H24N4O3. The summed E-state index contributed by atoms with van der Waals surface area (Å²) in [4.78, 5) is 26.7. The van der Waals surface area contributed by atoms with Gasteiger partial charge in [0.05, 0.1) is 12.2 Å². The van der Waals surface area contributed by atoms with E-state index in [1.54, 1.807) is 24.0 Å². The zero-order valence-electron chi connectivity index (χ0n) is 12.6. The van der Waals surface area contributed by atoms with Gasteiger partial charge in [0, 0.05) is 25.3 Å². The lowest BCUT2D eigenvalue weighted by atomic mass is 10.0. The number of carbonyl (C=O) groups is 2. The first-order valence-electron chi connectivity index (χ1n) is 7.19. The van der Waals surface area contributed by atoms with Crippen LogP contribution in [0.1, 0.15) is 43.6 Å². The number of carboxylic acid groups (broad SMARTS) is 1. The minimum Gasteiger partial charge on any atom is -0.481 e. The minimum absolute atomic E-state index is 0.0156. The summed E-state index contributed by atoms with van der Waals surface area (Å²) < 4.78 is 1.77. The van der Waals surface area contributed by atoms with Crippen LogP contribution in [0.3, 0.4) is 0 Å². The standard InChI is InChI=1S/C14H24N4O3/c1-10(14(20)21)4-3-5-11(2)17-13(19)12-8-18(7-6-15)9-16-12/h8-11H,3-7,15H2,1-2H3,(H,17,19)(H,20,21). The molecule has 2 unspecified atom stereocenters. The Morgan fingerprint density at radius 1 is 1.43 bits per heavy atom. The van der Waals surface area contributed by atoms with Gasteiger partial charge >= 0.3 is 5.97 Å². The maximum absolute atomic E-state index is 12.0. The number of nitrogens with two attached hydrogens (primary N) is 1. The summed E-state index contributed by atoms with van der Waals surface area (Å²) in [6.45, 7) is 4.72. The van der Waals surface area contributed by atoms with Crippen molar-refractivity contribution in [1.29, 1.82) is 0 Å². The van der Waals surface area contributed by atoms with E-state index in [9.17, 15) is 9.59 Å². The molecule has 0 aliphatic heterocycles. The molecule has 2 atom stereocenters. The molecule has 0 saturated heterocycles. The molecule has 7 nitrogen and oxygen atoms in total. The van der Waals surface area contributed by atoms with E-state index < -0.39 is 5.97 Å². The van der Waals surface area contributed by atoms with Gasteiger partial charge in [0.15, 0.2) is 0 Å². The van der Waals surface area contributed by atoms with E-state index in [0.717, 1.165) is 12.8 Å². The molecule has 1 aromatic heterocycles. The van der Waals surface area contributed by atoms with Crippen LogP contribution in [0.25, 0.3) is 0 Å². The normalized spacial score (nSPS) is 13.7. The molecule has 4 N–H and O–H groups in total. The van der Waals surface area contributed by atoms with Gasteiger partial charge in [-0.2, -0.15) is 0 Å². The Morgan fingerprint density at radius 2 is 2.14 bits per heavy atom. The van der Waals surface area contributed by atoms with Gasteiger partial charge in [0.25, 0.3) is 5.91 Å². The van der Waals surface area contributed by atoms with Gasteiger partial charge in [0.1, 0.15) is 5.69 Å². The van der Waals surface area contributed by atoms with Crippen LogP contribution in [-0.4, -0.2) is 39.1 Å². The molecule has 1 heterocycles. The fourth-order valence-corrected chi connectivity index (χ4v) is 1.97. The Labute approximate surface area is 124 Å². The first kappa shape index (κ1) is 17.2. The van der Waals surface area contributed by atoms with Crippen molar-refractivity contribution in [2.75, 3.05) is 6.54 Å². The number of nitrogens with one attached hydrogen (secondary N) is 1. The van der Waals surface area contributed by atoms with Crippen LogP contribution in [0.2, 0.25) is 0 Å². The van der Waals surface area contributed by atoms with Crippen LogP contribution in [0.15, 0.2) is 12.5 Å². The second kappa shape index (κ2) is 8.41. The van der Waals surface area contributed by atoms with E-state index in [1.807, 2.05) is 6.92 Å². The molecule has 0 aromatic carbocycles. The van der Waals surface area contributed by atoms with Crippen LogP contribution in [-0.2, 0) is 11.3 Å². The highest BCUT2D eigenvalue weighted by Gasteiger charge is 2.14. The van der Waals surface area contributed by atoms with Crippen molar-refractivity contribution in [1.82, 2.24) is 14.9 Å². The molecule has 21 heavy (non-hydrogen) atoms. The topological polar surface area (TPSA) is 110 Å². The van der Waals surface area contributed by atoms with Gasteiger partial charge in [-0.3, -0.25) is 9.59 Å². The van der Waals surface area contributed by atoms with Crippen molar-refractivity contribution in [3.05, 3.63) is 18.2 Å². The molecule has 1 rings (SSSR count). The van der Waals surface area contributed by atoms with Crippen molar-refractivity contribution in [2.45, 2.75) is 45.7 Å². The van der Waals surface area contributed by atoms with Gasteiger partial charge in [-0.05, 0) is 19.8 Å². The zero-order valence-corrected chi connectivity index (χ0v) is 12.6. The Bertz CT molecular complexity index is 473. The number of carboxylic acids is 1. The molecule has 118 valence electrons. The summed E-state index contributed by atoms with van der Waals surface area (Å²) in [6.07, 6.45) is 5.37. The number of hydrogen-bond acceptors (Lipinski definition) is 4. The number of aromatic nitrogens is 2. The highest BCUT2D eigenvalue weighted by Crippen LogP contribution is 2.10. The molecular weight excluding hydrogens is 272 g/mol. The molecule has 0 fully saturated rings. The predicted molar refractivity (Wildman–Crippen MR) is 78.9 cm³/mol. The SMILES string of the molecule is CC(CCCC(C)C(=O)O)NC(=O)c1cn(CCN)cn1. The number of rotatable bonds is 9. The lowest BCUT2D eigenvalue weighted by molar-refractivity contribution is -0.141. The van der Waals surface area contributed by atoms with Crippen LogP contribution in [0.4, 0.5) is 0 Å². The van der Waals surface area contributed by atoms with E-state index in [-0.39, 0.29) is 17.9 Å². The van der Waals surface area contributed by atoms with Crippen molar-refractivity contribution in [2.24, 2.45) is 11.7 Å². The first-order valence-corrected chi connectivity index (χ1v) is 7.19. The smallest absolute Gasteiger partial charge is 0.306 e. The molecule has 0 spiro atoms. The Balaban J connectivity index is 2.34. The third-order valence-electron chi connectivity index (χ3n) is 3.33. The predicted octanol–water partition coefficient (Wildman–Crippen LogP) is 0.851. The Morgan fingerprint density at radius 3 is 2.76 bits per heavy atom. The van der Waals surface area contributed by atoms with E-state index in [0.29, 0.717) is 25.2 Å². The third kappa shape index (κ3) is 5.95. The molecule has 0 aliphatic rings. The summed E-state index contributed by atoms with van der Waals surface area (Å²) in [5.41, 5.74) is 5.81. The van der Waals surface area contributed by atoms with Gasteiger partial charge < -0.3 is 20.7 Å². The van der Waals surface area contributed by atoms with Gasteiger partial charge in [0.2, 0.25) is 0 Å². The number of amides is 1. The number of aliphatic carboxylic acids is 1. The molecule has 0 saturated carbocycles. The lowest BCUT2D eigenvalue weighted by Gasteiger charge is -2.13. The van der Waals surface area contributed by atoms with Crippen LogP contribution >= 0.6 is 0 Å². The van der Waals surface area contributed by atoms with Crippen molar-refractivity contribution < 1.29 is 14.7 Å². The third-order valence-corrected chi connectivity index (χ3v) is 3.33. The second-order valence-corrected chi connectivity index (χ2v) is 5.33. The molecule has 0 bridgehead atoms. The second-order valence-electron chi connectivity index (χ2n) is 5.33. The number of nitrogens with zero attached hydrogens (tertiary/aromatic N) is 2. The molecule has 1 amide bonds. The monoisotopic (exact) mass is 296 g/mol. The summed E-state index contributed by atoms with van der Waals surface area (Å²) in [7, 11) is 0. The van der Waals surface area contributed by atoms with E-state index in [4.69, 9.17) is 10.8 Å². The molecule has 1 aromatic rings. The van der Waals surface area contributed by atoms with Gasteiger partial charge in [-0.25, -0.2) is 4.98 Å². The quantitative estimate of drug-likeness (QED) is 0.625. The van der Waals surface area contributed by atoms with Gasteiger partial charge in [-0.1, -0.05) is 13.3 Å². The average molecular weight is 296 g/mol. The van der Waals surface area contributed by atoms with Crippen molar-refractivity contribution in [3.63, 3.8) is 0 Å². The van der Waals surface area contributed by atoms with Crippen molar-refractivity contribution >= 4 is 11.9 Å². The maximum atomic E-state index is 12.0. The lowest BCUT2D eigenvalue weighted by Crippen LogP contribution is -2.32. The van der Waals surface area contributed by atoms with E-state index >= 15 is 0 Å². The van der Waals surface area contributed by atoms with Crippen LogP contribution in [0.5, 0.6) is 0 Å².